The smallest absolute Gasteiger partial charge is 0.246 e. The van der Waals surface area contributed by atoms with Gasteiger partial charge in [0.2, 0.25) is 11.8 Å². The quantitative estimate of drug-likeness (QED) is 0.618. The third kappa shape index (κ3) is 4.47. The van der Waals surface area contributed by atoms with Crippen molar-refractivity contribution in [2.45, 2.75) is 38.8 Å². The van der Waals surface area contributed by atoms with E-state index in [9.17, 15) is 4.79 Å². The molecule has 0 radical (unpaired) electrons. The Kier molecular flexibility index (Phi) is 6.31. The molecule has 0 bridgehead atoms. The zero-order valence-corrected chi connectivity index (χ0v) is 17.2. The van der Waals surface area contributed by atoms with Crippen molar-refractivity contribution in [1.29, 1.82) is 0 Å². The molecule has 2 N–H and O–H groups in total. The van der Waals surface area contributed by atoms with Gasteiger partial charge in [0, 0.05) is 44.0 Å². The van der Waals surface area contributed by atoms with Crippen molar-refractivity contribution in [3.05, 3.63) is 43.0 Å². The third-order valence-electron chi connectivity index (χ3n) is 5.15. The monoisotopic (exact) mass is 396 g/mol. The van der Waals surface area contributed by atoms with Crippen LogP contribution in [0, 0.1) is 5.92 Å². The van der Waals surface area contributed by atoms with E-state index in [0.717, 1.165) is 11.9 Å². The lowest BCUT2D eigenvalue weighted by Gasteiger charge is -2.27. The van der Waals surface area contributed by atoms with E-state index in [1.807, 2.05) is 17.9 Å². The van der Waals surface area contributed by atoms with E-state index < -0.39 is 0 Å². The number of allylic oxidation sites excluding steroid dienone is 1. The summed E-state index contributed by atoms with van der Waals surface area (Å²) in [5.74, 6) is 0.751. The summed E-state index contributed by atoms with van der Waals surface area (Å²) in [5.41, 5.74) is 7.84. The highest BCUT2D eigenvalue weighted by atomic mass is 16.5. The van der Waals surface area contributed by atoms with Crippen molar-refractivity contribution < 1.29 is 9.53 Å². The highest BCUT2D eigenvalue weighted by Crippen LogP contribution is 2.28. The van der Waals surface area contributed by atoms with Gasteiger partial charge in [0.05, 0.1) is 18.1 Å². The first-order valence-electron chi connectivity index (χ1n) is 9.75. The number of amides is 1. The number of nitrogens with zero attached hydrogens (tertiary/aromatic N) is 5. The lowest BCUT2D eigenvalue weighted by Crippen LogP contribution is -2.39. The van der Waals surface area contributed by atoms with Crippen molar-refractivity contribution in [2.24, 2.45) is 16.6 Å². The van der Waals surface area contributed by atoms with Crippen LogP contribution in [0.2, 0.25) is 0 Å². The maximum Gasteiger partial charge on any atom is 0.246 e. The average Bonchev–Trinajstić information content (AvgIpc) is 3.12. The van der Waals surface area contributed by atoms with Crippen molar-refractivity contribution in [1.82, 2.24) is 19.5 Å². The van der Waals surface area contributed by atoms with E-state index in [2.05, 4.69) is 28.6 Å². The molecule has 1 aliphatic heterocycles. The van der Waals surface area contributed by atoms with Crippen molar-refractivity contribution in [2.75, 3.05) is 13.6 Å². The van der Waals surface area contributed by atoms with Crippen molar-refractivity contribution in [3.8, 4) is 5.88 Å². The molecule has 3 atom stereocenters. The van der Waals surface area contributed by atoms with Crippen LogP contribution in [0.3, 0.4) is 0 Å². The first-order valence-corrected chi connectivity index (χ1v) is 9.75. The van der Waals surface area contributed by atoms with Gasteiger partial charge in [-0.1, -0.05) is 13.5 Å². The molecular weight excluding hydrogens is 368 g/mol. The van der Waals surface area contributed by atoms with Gasteiger partial charge in [-0.05, 0) is 31.4 Å². The van der Waals surface area contributed by atoms with Crippen LogP contribution in [0.1, 0.15) is 32.4 Å². The summed E-state index contributed by atoms with van der Waals surface area (Å²) in [6.07, 6.45) is 9.45. The van der Waals surface area contributed by atoms with E-state index >= 15 is 0 Å². The standard InChI is InChI=1S/C21H28N6O2/c1-5-20(28)26-12-14(2)8-17(9-15(26)3)29-21-19-6-7-24-27(19)13-18(25-21)16(10-22)11-23-4/h5-7,10-11,13-15,17H,1,8-9,12,22H2,2-4H3/t14-,15+,17?/m0/s1. The average molecular weight is 396 g/mol. The SMILES string of the molecule is C=CC(=O)N1C[C@@H](C)CC(Oc2nc(C(C=NC)=CN)cn3nccc23)C[C@H]1C. The van der Waals surface area contributed by atoms with Crippen LogP contribution in [0.25, 0.3) is 11.1 Å². The third-order valence-corrected chi connectivity index (χ3v) is 5.15. The van der Waals surface area contributed by atoms with Gasteiger partial charge in [-0.25, -0.2) is 9.50 Å². The molecule has 1 aliphatic rings. The van der Waals surface area contributed by atoms with E-state index in [1.54, 1.807) is 30.2 Å². The van der Waals surface area contributed by atoms with E-state index in [-0.39, 0.29) is 18.1 Å². The molecule has 0 aliphatic carbocycles. The molecule has 154 valence electrons. The van der Waals surface area contributed by atoms with Gasteiger partial charge in [-0.2, -0.15) is 5.10 Å². The van der Waals surface area contributed by atoms with Crippen LogP contribution in [0.15, 0.2) is 42.3 Å². The number of likely N-dealkylation sites (tertiary alicyclic amines) is 1. The fourth-order valence-corrected chi connectivity index (χ4v) is 3.78. The number of fused-ring (bicyclic) bond motifs is 1. The number of ether oxygens (including phenoxy) is 1. The summed E-state index contributed by atoms with van der Waals surface area (Å²) < 4.78 is 8.10. The minimum absolute atomic E-state index is 0.0418. The highest BCUT2D eigenvalue weighted by Gasteiger charge is 2.30. The van der Waals surface area contributed by atoms with Crippen molar-refractivity contribution >= 4 is 23.2 Å². The molecule has 8 nitrogen and oxygen atoms in total. The van der Waals surface area contributed by atoms with E-state index in [0.29, 0.717) is 36.0 Å². The van der Waals surface area contributed by atoms with Gasteiger partial charge in [-0.3, -0.25) is 9.79 Å². The fraction of sp³-hybridized carbons (Fsp3) is 0.429. The molecule has 0 saturated carbocycles. The lowest BCUT2D eigenvalue weighted by molar-refractivity contribution is -0.128. The Labute approximate surface area is 170 Å². The van der Waals surface area contributed by atoms with Gasteiger partial charge in [0.15, 0.2) is 0 Å². The summed E-state index contributed by atoms with van der Waals surface area (Å²) in [6.45, 7) is 8.48. The van der Waals surface area contributed by atoms with Crippen LogP contribution in [0.5, 0.6) is 5.88 Å². The normalized spacial score (nSPS) is 23.3. The molecule has 1 unspecified atom stereocenters. The van der Waals surface area contributed by atoms with Crippen LogP contribution in [0.4, 0.5) is 0 Å². The summed E-state index contributed by atoms with van der Waals surface area (Å²) in [5, 5.41) is 4.32. The molecule has 0 aromatic carbocycles. The maximum absolute atomic E-state index is 12.2. The molecule has 3 rings (SSSR count). The Morgan fingerprint density at radius 3 is 2.90 bits per heavy atom. The molecule has 1 saturated heterocycles. The number of carbonyl (C=O) groups excluding carboxylic acids is 1. The zero-order valence-electron chi connectivity index (χ0n) is 17.2. The number of carbonyl (C=O) groups is 1. The Balaban J connectivity index is 1.92. The second kappa shape index (κ2) is 8.89. The van der Waals surface area contributed by atoms with E-state index in [4.69, 9.17) is 10.5 Å². The number of nitrogens with two attached hydrogens (primary N) is 1. The Hall–Kier alpha value is -3.16. The molecular formula is C21H28N6O2. The molecule has 2 aromatic rings. The van der Waals surface area contributed by atoms with Gasteiger partial charge < -0.3 is 15.4 Å². The predicted molar refractivity (Wildman–Crippen MR) is 114 cm³/mol. The number of hydrogen-bond acceptors (Lipinski definition) is 6. The van der Waals surface area contributed by atoms with Crippen LogP contribution in [-0.2, 0) is 4.79 Å². The van der Waals surface area contributed by atoms with Gasteiger partial charge in [0.25, 0.3) is 0 Å². The summed E-state index contributed by atoms with van der Waals surface area (Å²) in [7, 11) is 1.68. The summed E-state index contributed by atoms with van der Waals surface area (Å²) in [4.78, 5) is 22.8. The largest absolute Gasteiger partial charge is 0.473 e. The zero-order chi connectivity index (χ0) is 21.0. The van der Waals surface area contributed by atoms with Gasteiger partial charge in [0.1, 0.15) is 11.6 Å². The maximum atomic E-state index is 12.2. The van der Waals surface area contributed by atoms with Gasteiger partial charge in [-0.15, -0.1) is 0 Å². The molecule has 2 aromatic heterocycles. The topological polar surface area (TPSA) is 98.1 Å². The van der Waals surface area contributed by atoms with Crippen LogP contribution in [-0.4, -0.2) is 57.4 Å². The minimum atomic E-state index is -0.0748. The lowest BCUT2D eigenvalue weighted by atomic mass is 10.0. The fourth-order valence-electron chi connectivity index (χ4n) is 3.78. The van der Waals surface area contributed by atoms with E-state index in [1.165, 1.54) is 12.3 Å². The second-order valence-corrected chi connectivity index (χ2v) is 7.46. The molecule has 8 heteroatoms. The molecule has 0 spiro atoms. The number of aliphatic imine (C=N–C) groups is 1. The van der Waals surface area contributed by atoms with Crippen molar-refractivity contribution in [3.63, 3.8) is 0 Å². The predicted octanol–water partition coefficient (Wildman–Crippen LogP) is 2.31. The summed E-state index contributed by atoms with van der Waals surface area (Å²) >= 11 is 0. The summed E-state index contributed by atoms with van der Waals surface area (Å²) in [6, 6.07) is 1.91. The number of rotatable bonds is 5. The second-order valence-electron chi connectivity index (χ2n) is 7.46. The van der Waals surface area contributed by atoms with Gasteiger partial charge >= 0.3 is 0 Å². The molecule has 3 heterocycles. The highest BCUT2D eigenvalue weighted by molar-refractivity contribution is 6.08. The first-order chi connectivity index (χ1) is 14.0. The van der Waals surface area contributed by atoms with Crippen LogP contribution < -0.4 is 10.5 Å². The number of hydrogen-bond donors (Lipinski definition) is 1. The minimum Gasteiger partial charge on any atom is -0.473 e. The Morgan fingerprint density at radius 1 is 1.41 bits per heavy atom. The van der Waals surface area contributed by atoms with Crippen LogP contribution >= 0.6 is 0 Å². The molecule has 1 fully saturated rings. The Morgan fingerprint density at radius 2 is 2.21 bits per heavy atom. The molecule has 29 heavy (non-hydrogen) atoms. The first kappa shape index (κ1) is 20.6. The Bertz CT molecular complexity index is 948. The number of aromatic nitrogens is 3. The molecule has 1 amide bonds.